The van der Waals surface area contributed by atoms with Crippen LogP contribution in [0.5, 0.6) is 0 Å². The Kier molecular flexibility index (Phi) is 4.38. The first-order valence-electron chi connectivity index (χ1n) is 7.74. The van der Waals surface area contributed by atoms with Crippen molar-refractivity contribution in [2.75, 3.05) is 24.5 Å². The number of carbonyl (C=O) groups excluding carboxylic acids is 1. The Bertz CT molecular complexity index is 524. The molecule has 1 aromatic rings. The molecule has 1 saturated heterocycles. The molecule has 0 aliphatic carbocycles. The summed E-state index contributed by atoms with van der Waals surface area (Å²) in [6, 6.07) is 8.23. The van der Waals surface area contributed by atoms with E-state index in [4.69, 9.17) is 0 Å². The third-order valence-electron chi connectivity index (χ3n) is 3.93. The van der Waals surface area contributed by atoms with Crippen LogP contribution in [-0.2, 0) is 11.3 Å². The van der Waals surface area contributed by atoms with Crippen molar-refractivity contribution in [3.05, 3.63) is 29.8 Å². The number of carbonyl (C=O) groups is 1. The van der Waals surface area contributed by atoms with Crippen molar-refractivity contribution in [3.63, 3.8) is 0 Å². The zero-order valence-corrected chi connectivity index (χ0v) is 12.3. The molecule has 2 N–H and O–H groups in total. The molecule has 0 atom stereocenters. The van der Waals surface area contributed by atoms with Gasteiger partial charge in [0.2, 0.25) is 5.91 Å². The average Bonchev–Trinajstić information content (AvgIpc) is 2.55. The molecule has 0 radical (unpaired) electrons. The van der Waals surface area contributed by atoms with Crippen molar-refractivity contribution < 1.29 is 4.79 Å². The standard InChI is InChI=1S/C16H22N4O/c21-15-4-1-2-11-20(15)14-7-5-13(6-8-14)12-19-16-17-9-3-10-18-16/h5-8H,1-4,9-12H2,(H2,17,18,19). The van der Waals surface area contributed by atoms with Crippen molar-refractivity contribution >= 4 is 17.6 Å². The number of piperidine rings is 1. The highest BCUT2D eigenvalue weighted by molar-refractivity contribution is 5.93. The van der Waals surface area contributed by atoms with Crippen LogP contribution in [0.2, 0.25) is 0 Å². The maximum absolute atomic E-state index is 11.9. The smallest absolute Gasteiger partial charge is 0.226 e. The Labute approximate surface area is 125 Å². The lowest BCUT2D eigenvalue weighted by atomic mass is 10.1. The number of hydrogen-bond acceptors (Lipinski definition) is 4. The van der Waals surface area contributed by atoms with Gasteiger partial charge in [0.15, 0.2) is 5.96 Å². The van der Waals surface area contributed by atoms with Gasteiger partial charge in [0.1, 0.15) is 0 Å². The molecule has 0 unspecified atom stereocenters. The van der Waals surface area contributed by atoms with Gasteiger partial charge in [0.25, 0.3) is 0 Å². The fraction of sp³-hybridized carbons (Fsp3) is 0.500. The maximum atomic E-state index is 11.9. The van der Waals surface area contributed by atoms with E-state index in [1.807, 2.05) is 17.0 Å². The molecule has 2 aliphatic rings. The molecule has 5 nitrogen and oxygen atoms in total. The third kappa shape index (κ3) is 3.54. The molecule has 2 aliphatic heterocycles. The summed E-state index contributed by atoms with van der Waals surface area (Å²) in [5, 5.41) is 6.55. The molecule has 0 saturated carbocycles. The number of rotatable bonds is 3. The zero-order chi connectivity index (χ0) is 14.5. The van der Waals surface area contributed by atoms with Crippen molar-refractivity contribution in [3.8, 4) is 0 Å². The molecule has 0 bridgehead atoms. The first-order chi connectivity index (χ1) is 10.3. The second-order valence-electron chi connectivity index (χ2n) is 5.53. The normalized spacial score (nSPS) is 19.0. The molecular weight excluding hydrogens is 264 g/mol. The summed E-state index contributed by atoms with van der Waals surface area (Å²) in [6.07, 6.45) is 3.89. The van der Waals surface area contributed by atoms with E-state index in [1.165, 1.54) is 5.56 Å². The lowest BCUT2D eigenvalue weighted by Crippen LogP contribution is -2.40. The first kappa shape index (κ1) is 13.9. The summed E-state index contributed by atoms with van der Waals surface area (Å²) in [7, 11) is 0. The molecule has 0 aromatic heterocycles. The fourth-order valence-electron chi connectivity index (χ4n) is 2.71. The van der Waals surface area contributed by atoms with Crippen LogP contribution in [0.4, 0.5) is 5.69 Å². The largest absolute Gasteiger partial charge is 0.356 e. The second-order valence-corrected chi connectivity index (χ2v) is 5.53. The van der Waals surface area contributed by atoms with Gasteiger partial charge in [-0.05, 0) is 37.0 Å². The number of benzene rings is 1. The SMILES string of the molecule is O=C1CCCCN1c1ccc(CNC2=NCCCN2)cc1. The molecule has 5 heteroatoms. The highest BCUT2D eigenvalue weighted by Crippen LogP contribution is 2.21. The first-order valence-corrected chi connectivity index (χ1v) is 7.74. The molecule has 3 rings (SSSR count). The predicted molar refractivity (Wildman–Crippen MR) is 84.4 cm³/mol. The quantitative estimate of drug-likeness (QED) is 0.888. The summed E-state index contributed by atoms with van der Waals surface area (Å²) in [6.45, 7) is 3.48. The van der Waals surface area contributed by atoms with Gasteiger partial charge in [0.05, 0.1) is 0 Å². The van der Waals surface area contributed by atoms with Crippen LogP contribution in [0.1, 0.15) is 31.2 Å². The van der Waals surface area contributed by atoms with Crippen LogP contribution < -0.4 is 15.5 Å². The van der Waals surface area contributed by atoms with E-state index < -0.39 is 0 Å². The fourth-order valence-corrected chi connectivity index (χ4v) is 2.71. The van der Waals surface area contributed by atoms with Gasteiger partial charge in [-0.2, -0.15) is 0 Å². The molecular formula is C16H22N4O. The topological polar surface area (TPSA) is 56.7 Å². The number of hydrogen-bond donors (Lipinski definition) is 2. The number of amides is 1. The second kappa shape index (κ2) is 6.61. The molecule has 1 aromatic carbocycles. The van der Waals surface area contributed by atoms with Crippen molar-refractivity contribution in [2.45, 2.75) is 32.2 Å². The van der Waals surface area contributed by atoms with Crippen LogP contribution in [0.15, 0.2) is 29.3 Å². The molecule has 21 heavy (non-hydrogen) atoms. The van der Waals surface area contributed by atoms with Crippen molar-refractivity contribution in [2.24, 2.45) is 4.99 Å². The summed E-state index contributed by atoms with van der Waals surface area (Å²) in [5.74, 6) is 1.13. The minimum Gasteiger partial charge on any atom is -0.356 e. The summed E-state index contributed by atoms with van der Waals surface area (Å²) in [5.41, 5.74) is 2.20. The van der Waals surface area contributed by atoms with Crippen LogP contribution in [-0.4, -0.2) is 31.5 Å². The Morgan fingerprint density at radius 2 is 2.05 bits per heavy atom. The van der Waals surface area contributed by atoms with Gasteiger partial charge in [0, 0.05) is 38.3 Å². The van der Waals surface area contributed by atoms with Gasteiger partial charge < -0.3 is 15.5 Å². The minimum absolute atomic E-state index is 0.243. The van der Waals surface area contributed by atoms with E-state index in [1.54, 1.807) is 0 Å². The van der Waals surface area contributed by atoms with E-state index in [2.05, 4.69) is 27.8 Å². The molecule has 1 fully saturated rings. The van der Waals surface area contributed by atoms with E-state index >= 15 is 0 Å². The van der Waals surface area contributed by atoms with E-state index in [9.17, 15) is 4.79 Å². The monoisotopic (exact) mass is 286 g/mol. The number of aliphatic imine (C=N–C) groups is 1. The van der Waals surface area contributed by atoms with Crippen molar-refractivity contribution in [1.29, 1.82) is 0 Å². The maximum Gasteiger partial charge on any atom is 0.226 e. The van der Waals surface area contributed by atoms with Crippen LogP contribution in [0, 0.1) is 0 Å². The Morgan fingerprint density at radius 1 is 1.19 bits per heavy atom. The number of guanidine groups is 1. The molecule has 112 valence electrons. The third-order valence-corrected chi connectivity index (χ3v) is 3.93. The van der Waals surface area contributed by atoms with Crippen LogP contribution in [0.25, 0.3) is 0 Å². The van der Waals surface area contributed by atoms with Gasteiger partial charge in [-0.25, -0.2) is 0 Å². The van der Waals surface area contributed by atoms with Gasteiger partial charge in [-0.1, -0.05) is 12.1 Å². The minimum atomic E-state index is 0.243. The van der Waals surface area contributed by atoms with Gasteiger partial charge >= 0.3 is 0 Å². The number of anilines is 1. The summed E-state index contributed by atoms with van der Waals surface area (Å²) < 4.78 is 0. The van der Waals surface area contributed by atoms with E-state index in [-0.39, 0.29) is 5.91 Å². The Balaban J connectivity index is 1.58. The molecule has 2 heterocycles. The lowest BCUT2D eigenvalue weighted by Gasteiger charge is -2.27. The van der Waals surface area contributed by atoms with Gasteiger partial charge in [-0.15, -0.1) is 0 Å². The summed E-state index contributed by atoms with van der Waals surface area (Å²) in [4.78, 5) is 18.2. The van der Waals surface area contributed by atoms with E-state index in [0.29, 0.717) is 6.42 Å². The molecule has 0 spiro atoms. The van der Waals surface area contributed by atoms with Crippen LogP contribution in [0.3, 0.4) is 0 Å². The number of nitrogens with zero attached hydrogens (tertiary/aromatic N) is 2. The Morgan fingerprint density at radius 3 is 2.76 bits per heavy atom. The zero-order valence-electron chi connectivity index (χ0n) is 12.3. The van der Waals surface area contributed by atoms with Crippen LogP contribution >= 0.6 is 0 Å². The lowest BCUT2D eigenvalue weighted by molar-refractivity contribution is -0.119. The average molecular weight is 286 g/mol. The highest BCUT2D eigenvalue weighted by Gasteiger charge is 2.19. The number of nitrogens with one attached hydrogen (secondary N) is 2. The molecule has 1 amide bonds. The summed E-state index contributed by atoms with van der Waals surface area (Å²) >= 11 is 0. The Hall–Kier alpha value is -2.04. The predicted octanol–water partition coefficient (Wildman–Crippen LogP) is 1.64. The van der Waals surface area contributed by atoms with Crippen molar-refractivity contribution in [1.82, 2.24) is 10.6 Å². The van der Waals surface area contributed by atoms with Gasteiger partial charge in [-0.3, -0.25) is 9.79 Å². The van der Waals surface area contributed by atoms with E-state index in [0.717, 1.165) is 57.1 Å². The highest BCUT2D eigenvalue weighted by atomic mass is 16.2.